The van der Waals surface area contributed by atoms with Crippen molar-refractivity contribution in [3.05, 3.63) is 30.1 Å². The van der Waals surface area contributed by atoms with E-state index in [1.165, 1.54) is 6.07 Å². The Labute approximate surface area is 57.6 Å². The van der Waals surface area contributed by atoms with E-state index >= 15 is 0 Å². The Kier molecular flexibility index (Phi) is 1.90. The Balaban J connectivity index is 3.01. The van der Waals surface area contributed by atoms with Gasteiger partial charge in [0.05, 0.1) is 5.69 Å². The molecule has 1 N–H and O–H groups in total. The molecule has 0 aliphatic heterocycles. The highest BCUT2D eigenvalue weighted by atomic mass is 35.5. The second kappa shape index (κ2) is 2.69. The third kappa shape index (κ3) is 1.33. The zero-order valence-corrected chi connectivity index (χ0v) is 5.32. The smallest absolute Gasteiger partial charge is 0.147 e. The number of nitrogens with one attached hydrogen (secondary N) is 1. The fourth-order valence-corrected chi connectivity index (χ4v) is 0.691. The first kappa shape index (κ1) is 6.36. The van der Waals surface area contributed by atoms with E-state index in [2.05, 4.69) is 4.84 Å². The van der Waals surface area contributed by atoms with Crippen molar-refractivity contribution >= 4 is 17.5 Å². The third-order valence-electron chi connectivity index (χ3n) is 0.976. The molecule has 1 aromatic rings. The molecule has 0 aliphatic rings. The Bertz CT molecular complexity index is 202. The lowest BCUT2D eigenvalue weighted by Gasteiger charge is -1.95. The summed E-state index contributed by atoms with van der Waals surface area (Å²) in [5, 5.41) is 0. The molecule has 0 heterocycles. The van der Waals surface area contributed by atoms with Crippen molar-refractivity contribution in [1.82, 2.24) is 0 Å². The van der Waals surface area contributed by atoms with Crippen LogP contribution in [0.15, 0.2) is 24.3 Å². The van der Waals surface area contributed by atoms with Gasteiger partial charge in [-0.05, 0) is 12.1 Å². The third-order valence-corrected chi connectivity index (χ3v) is 1.18. The van der Waals surface area contributed by atoms with Gasteiger partial charge in [-0.25, -0.2) is 4.39 Å². The van der Waals surface area contributed by atoms with Crippen LogP contribution in [0.3, 0.4) is 0 Å². The molecule has 3 heteroatoms. The molecule has 1 aromatic carbocycles. The molecule has 0 fully saturated rings. The van der Waals surface area contributed by atoms with E-state index in [4.69, 9.17) is 11.8 Å². The number of anilines is 1. The minimum atomic E-state index is -0.340. The molecule has 0 saturated carbocycles. The summed E-state index contributed by atoms with van der Waals surface area (Å²) in [5.41, 5.74) is 0.305. The maximum atomic E-state index is 12.4. The van der Waals surface area contributed by atoms with E-state index in [1.807, 2.05) is 0 Å². The van der Waals surface area contributed by atoms with Crippen LogP contribution in [0, 0.1) is 5.82 Å². The first-order valence-electron chi connectivity index (χ1n) is 2.46. The molecule has 1 rings (SSSR count). The van der Waals surface area contributed by atoms with Crippen LogP contribution in [-0.2, 0) is 0 Å². The molecular formula is C6H5ClFN. The van der Waals surface area contributed by atoms with E-state index in [0.717, 1.165) is 0 Å². The number of halogens is 2. The van der Waals surface area contributed by atoms with Crippen molar-refractivity contribution in [2.75, 3.05) is 4.84 Å². The van der Waals surface area contributed by atoms with Crippen LogP contribution in [0.25, 0.3) is 0 Å². The summed E-state index contributed by atoms with van der Waals surface area (Å²) in [6.45, 7) is 0. The van der Waals surface area contributed by atoms with E-state index in [0.29, 0.717) is 5.69 Å². The van der Waals surface area contributed by atoms with Gasteiger partial charge >= 0.3 is 0 Å². The van der Waals surface area contributed by atoms with Gasteiger partial charge in [-0.2, -0.15) is 0 Å². The standard InChI is InChI=1S/C6H5ClFN/c7-9-6-4-2-1-3-5(6)8/h1-4,9H. The largest absolute Gasteiger partial charge is 0.296 e. The maximum absolute atomic E-state index is 12.4. The van der Waals surface area contributed by atoms with Gasteiger partial charge in [0, 0.05) is 11.8 Å². The van der Waals surface area contributed by atoms with Gasteiger partial charge in [0.15, 0.2) is 0 Å². The van der Waals surface area contributed by atoms with E-state index in [-0.39, 0.29) is 5.82 Å². The van der Waals surface area contributed by atoms with Gasteiger partial charge in [-0.1, -0.05) is 12.1 Å². The highest BCUT2D eigenvalue weighted by Crippen LogP contribution is 2.12. The summed E-state index contributed by atoms with van der Waals surface area (Å²) in [4.78, 5) is 2.19. The average Bonchev–Trinajstić information content (AvgIpc) is 1.89. The lowest BCUT2D eigenvalue weighted by Crippen LogP contribution is -1.83. The van der Waals surface area contributed by atoms with Gasteiger partial charge < -0.3 is 0 Å². The summed E-state index contributed by atoms with van der Waals surface area (Å²) >= 11 is 5.14. The van der Waals surface area contributed by atoms with Crippen LogP contribution in [-0.4, -0.2) is 0 Å². The number of benzene rings is 1. The van der Waals surface area contributed by atoms with E-state index in [9.17, 15) is 4.39 Å². The highest BCUT2D eigenvalue weighted by molar-refractivity contribution is 6.23. The van der Waals surface area contributed by atoms with Gasteiger partial charge in [-0.3, -0.25) is 4.84 Å². The van der Waals surface area contributed by atoms with Crippen molar-refractivity contribution in [1.29, 1.82) is 0 Å². The predicted molar refractivity (Wildman–Crippen MR) is 35.9 cm³/mol. The van der Waals surface area contributed by atoms with Crippen molar-refractivity contribution in [2.24, 2.45) is 0 Å². The summed E-state index contributed by atoms with van der Waals surface area (Å²) in [5.74, 6) is -0.340. The molecule has 0 aliphatic carbocycles. The van der Waals surface area contributed by atoms with Crippen molar-refractivity contribution in [2.45, 2.75) is 0 Å². The molecule has 0 saturated heterocycles. The number of hydrogen-bond donors (Lipinski definition) is 1. The Hall–Kier alpha value is -0.760. The molecule has 0 bridgehead atoms. The Morgan fingerprint density at radius 1 is 1.33 bits per heavy atom. The minimum Gasteiger partial charge on any atom is -0.296 e. The molecule has 9 heavy (non-hydrogen) atoms. The van der Waals surface area contributed by atoms with Crippen LogP contribution in [0.1, 0.15) is 0 Å². The van der Waals surface area contributed by atoms with Gasteiger partial charge in [0.2, 0.25) is 0 Å². The summed E-state index contributed by atoms with van der Waals surface area (Å²) < 4.78 is 12.4. The molecule has 48 valence electrons. The SMILES string of the molecule is Fc1ccccc1NCl. The monoisotopic (exact) mass is 145 g/mol. The first-order valence-corrected chi connectivity index (χ1v) is 2.83. The topological polar surface area (TPSA) is 12.0 Å². The Morgan fingerprint density at radius 3 is 2.44 bits per heavy atom. The molecule has 1 nitrogen and oxygen atoms in total. The second-order valence-electron chi connectivity index (χ2n) is 1.57. The molecule has 0 unspecified atom stereocenters. The predicted octanol–water partition coefficient (Wildman–Crippen LogP) is 2.39. The first-order chi connectivity index (χ1) is 4.34. The average molecular weight is 146 g/mol. The van der Waals surface area contributed by atoms with E-state index in [1.54, 1.807) is 18.2 Å². The lowest BCUT2D eigenvalue weighted by atomic mass is 10.3. The van der Waals surface area contributed by atoms with Crippen LogP contribution in [0.2, 0.25) is 0 Å². The summed E-state index contributed by atoms with van der Waals surface area (Å²) in [7, 11) is 0. The summed E-state index contributed by atoms with van der Waals surface area (Å²) in [6.07, 6.45) is 0. The number of rotatable bonds is 1. The lowest BCUT2D eigenvalue weighted by molar-refractivity contribution is 0.632. The fourth-order valence-electron chi connectivity index (χ4n) is 0.538. The molecule has 0 aromatic heterocycles. The van der Waals surface area contributed by atoms with Crippen molar-refractivity contribution in [3.63, 3.8) is 0 Å². The molecule has 0 atom stereocenters. The van der Waals surface area contributed by atoms with Crippen molar-refractivity contribution in [3.8, 4) is 0 Å². The normalized spacial score (nSPS) is 9.11. The molecular weight excluding hydrogens is 141 g/mol. The Morgan fingerprint density at radius 2 is 2.00 bits per heavy atom. The van der Waals surface area contributed by atoms with Crippen molar-refractivity contribution < 1.29 is 4.39 Å². The number of hydrogen-bond acceptors (Lipinski definition) is 1. The highest BCUT2D eigenvalue weighted by Gasteiger charge is 1.94. The van der Waals surface area contributed by atoms with Gasteiger partial charge in [0.25, 0.3) is 0 Å². The van der Waals surface area contributed by atoms with Crippen LogP contribution in [0.5, 0.6) is 0 Å². The zero-order chi connectivity index (χ0) is 6.69. The minimum absolute atomic E-state index is 0.305. The van der Waals surface area contributed by atoms with E-state index < -0.39 is 0 Å². The molecule has 0 spiro atoms. The fraction of sp³-hybridized carbons (Fsp3) is 0. The quantitative estimate of drug-likeness (QED) is 0.599. The van der Waals surface area contributed by atoms with Gasteiger partial charge in [-0.15, -0.1) is 0 Å². The molecule has 0 radical (unpaired) electrons. The second-order valence-corrected chi connectivity index (χ2v) is 1.76. The van der Waals surface area contributed by atoms with Crippen LogP contribution in [0.4, 0.5) is 10.1 Å². The maximum Gasteiger partial charge on any atom is 0.147 e. The summed E-state index contributed by atoms with van der Waals surface area (Å²) in [6, 6.07) is 6.20. The molecule has 0 amide bonds. The van der Waals surface area contributed by atoms with Crippen LogP contribution >= 0.6 is 11.8 Å². The van der Waals surface area contributed by atoms with Crippen LogP contribution < -0.4 is 4.84 Å². The number of para-hydroxylation sites is 1. The van der Waals surface area contributed by atoms with Gasteiger partial charge in [0.1, 0.15) is 5.82 Å². The zero-order valence-electron chi connectivity index (χ0n) is 4.57.